The zero-order valence-corrected chi connectivity index (χ0v) is 33.4. The van der Waals surface area contributed by atoms with E-state index in [0.29, 0.717) is 43.4 Å². The zero-order chi connectivity index (χ0) is 39.8. The number of amides is 4. The smallest absolute Gasteiger partial charge is 0.269 e. The van der Waals surface area contributed by atoms with Gasteiger partial charge in [-0.2, -0.15) is 0 Å². The van der Waals surface area contributed by atoms with Crippen molar-refractivity contribution in [1.29, 1.82) is 0 Å². The van der Waals surface area contributed by atoms with Crippen LogP contribution in [0.3, 0.4) is 0 Å². The van der Waals surface area contributed by atoms with E-state index in [1.807, 2.05) is 0 Å². The van der Waals surface area contributed by atoms with Gasteiger partial charge in [-0.3, -0.25) is 24.1 Å². The van der Waals surface area contributed by atoms with Crippen LogP contribution in [-0.2, 0) is 19.2 Å². The summed E-state index contributed by atoms with van der Waals surface area (Å²) in [6.07, 6.45) is 10.5. The maximum absolute atomic E-state index is 13.5. The third-order valence-corrected chi connectivity index (χ3v) is 16.2. The number of rotatable bonds is 13. The molecule has 302 valence electrons. The van der Waals surface area contributed by atoms with Crippen molar-refractivity contribution in [3.05, 3.63) is 21.7 Å². The van der Waals surface area contributed by atoms with Gasteiger partial charge in [-0.15, -0.1) is 24.1 Å². The molecule has 4 amide bonds. The van der Waals surface area contributed by atoms with Crippen LogP contribution in [-0.4, -0.2) is 92.0 Å². The fraction of sp³-hybridized carbons (Fsp3) is 0.800. The maximum Gasteiger partial charge on any atom is 0.269 e. The van der Waals surface area contributed by atoms with Gasteiger partial charge in [-0.05, 0) is 122 Å². The van der Waals surface area contributed by atoms with Crippen LogP contribution in [0.1, 0.15) is 105 Å². The molecule has 6 rings (SSSR count). The van der Waals surface area contributed by atoms with Crippen LogP contribution >= 0.6 is 11.8 Å². The molecule has 1 saturated heterocycles. The Morgan fingerprint density at radius 1 is 1.09 bits per heavy atom. The van der Waals surface area contributed by atoms with Crippen molar-refractivity contribution in [3.8, 4) is 12.3 Å². The molecule has 6 N–H and O–H groups in total. The summed E-state index contributed by atoms with van der Waals surface area (Å²) in [6.45, 7) is 8.22. The van der Waals surface area contributed by atoms with E-state index < -0.39 is 41.6 Å². The number of carbonyl (C=O) groups is 4. The number of aliphatic hydroxyl groups is 3. The van der Waals surface area contributed by atoms with Crippen LogP contribution in [0.5, 0.6) is 0 Å². The average Bonchev–Trinajstić information content (AvgIpc) is 3.51. The number of nitrogens with zero attached hydrogens (tertiary/aromatic N) is 4. The highest BCUT2D eigenvalue weighted by Gasteiger charge is 2.65. The quantitative estimate of drug-likeness (QED) is 0.0307. The molecule has 5 fully saturated rings. The van der Waals surface area contributed by atoms with Gasteiger partial charge in [0, 0.05) is 29.9 Å². The summed E-state index contributed by atoms with van der Waals surface area (Å²) >= 11 is 1.46. The lowest BCUT2D eigenvalue weighted by Crippen LogP contribution is -2.71. The number of nitrogens with one attached hydrogen (secondary N) is 3. The van der Waals surface area contributed by atoms with Gasteiger partial charge in [0.1, 0.15) is 23.3 Å². The lowest BCUT2D eigenvalue weighted by molar-refractivity contribution is -0.207. The number of fused-ring (bicyclic) bond motifs is 6. The summed E-state index contributed by atoms with van der Waals surface area (Å²) in [4.78, 5) is 56.9. The van der Waals surface area contributed by atoms with Crippen molar-refractivity contribution in [2.24, 2.45) is 51.5 Å². The van der Waals surface area contributed by atoms with E-state index in [1.165, 1.54) is 16.7 Å². The number of carbonyl (C=O) groups excluding carboxylic acids is 4. The second kappa shape index (κ2) is 16.7. The van der Waals surface area contributed by atoms with Crippen molar-refractivity contribution in [2.75, 3.05) is 12.3 Å². The molecule has 14 nitrogen and oxygen atoms in total. The molecule has 2 heterocycles. The minimum Gasteiger partial charge on any atom is -0.393 e. The van der Waals surface area contributed by atoms with Gasteiger partial charge in [0.15, 0.2) is 0 Å². The maximum atomic E-state index is 13.5. The van der Waals surface area contributed by atoms with E-state index in [2.05, 4.69) is 52.7 Å². The molecule has 0 aromatic carbocycles. The molecule has 6 aliphatic rings. The number of terminal acetylenes is 1. The first-order chi connectivity index (χ1) is 26.1. The lowest BCUT2D eigenvalue weighted by atomic mass is 9.43. The molecule has 0 bridgehead atoms. The Kier molecular flexibility index (Phi) is 12.5. The molecule has 3 unspecified atom stereocenters. The van der Waals surface area contributed by atoms with Gasteiger partial charge in [-0.25, -0.2) is 0 Å². The lowest BCUT2D eigenvalue weighted by Gasteiger charge is -2.63. The van der Waals surface area contributed by atoms with E-state index in [9.17, 15) is 34.5 Å². The molecule has 4 saturated carbocycles. The Morgan fingerprint density at radius 3 is 2.58 bits per heavy atom. The van der Waals surface area contributed by atoms with E-state index in [0.717, 1.165) is 32.1 Å². The first kappa shape index (κ1) is 41.4. The van der Waals surface area contributed by atoms with Crippen molar-refractivity contribution in [1.82, 2.24) is 20.9 Å². The fourth-order valence-corrected chi connectivity index (χ4v) is 13.1. The van der Waals surface area contributed by atoms with E-state index in [-0.39, 0.29) is 89.3 Å². The third kappa shape index (κ3) is 7.74. The number of β-lactam (4-membered cyclic amide) rings is 1. The van der Waals surface area contributed by atoms with Gasteiger partial charge in [0.2, 0.25) is 11.8 Å². The normalized spacial score (nSPS) is 38.7. The van der Waals surface area contributed by atoms with Crippen molar-refractivity contribution in [2.45, 2.75) is 141 Å². The SMILES string of the molecule is C#CCCCC(=O)NC(CN=[N+]=[N-])NC(=O)C1=C(C)CSC2C(NC(=O)CC[C@@H](C)[C@H]3CC[C@H]4[C@@H]5[C@H](O)C[C@@H]6C[C@H](O)CC[C@]6(C)[C@H]5C[C@H](O)[C@]34C)C(=O)N12. The molecule has 0 radical (unpaired) electrons. The Balaban J connectivity index is 1.04. The molecule has 0 aromatic rings. The van der Waals surface area contributed by atoms with Gasteiger partial charge >= 0.3 is 0 Å². The van der Waals surface area contributed by atoms with Crippen LogP contribution in [0.15, 0.2) is 16.4 Å². The van der Waals surface area contributed by atoms with E-state index >= 15 is 0 Å². The van der Waals surface area contributed by atoms with Gasteiger partial charge in [-0.1, -0.05) is 25.9 Å². The van der Waals surface area contributed by atoms with Crippen LogP contribution < -0.4 is 16.0 Å². The van der Waals surface area contributed by atoms with Crippen molar-refractivity contribution >= 4 is 35.4 Å². The predicted octanol–water partition coefficient (Wildman–Crippen LogP) is 3.71. The second-order valence-corrected chi connectivity index (χ2v) is 18.8. The number of azide groups is 1. The number of hydrogen-bond donors (Lipinski definition) is 6. The van der Waals surface area contributed by atoms with Crippen LogP contribution in [0.25, 0.3) is 10.4 Å². The first-order valence-corrected chi connectivity index (χ1v) is 21.2. The molecule has 4 aliphatic carbocycles. The molecule has 2 aliphatic heterocycles. The summed E-state index contributed by atoms with van der Waals surface area (Å²) in [5, 5.41) is 45.2. The third-order valence-electron chi connectivity index (χ3n) is 14.7. The molecular formula is C40H59N7O7S. The predicted molar refractivity (Wildman–Crippen MR) is 207 cm³/mol. The Bertz CT molecular complexity index is 1650. The molecule has 0 spiro atoms. The van der Waals surface area contributed by atoms with Crippen LogP contribution in [0.4, 0.5) is 0 Å². The topological polar surface area (TPSA) is 217 Å². The molecule has 15 heteroatoms. The summed E-state index contributed by atoms with van der Waals surface area (Å²) in [6, 6.07) is -0.789. The van der Waals surface area contributed by atoms with Crippen molar-refractivity contribution in [3.63, 3.8) is 0 Å². The summed E-state index contributed by atoms with van der Waals surface area (Å²) < 4.78 is 0. The van der Waals surface area contributed by atoms with E-state index in [4.69, 9.17) is 12.0 Å². The molecular weight excluding hydrogens is 723 g/mol. The van der Waals surface area contributed by atoms with E-state index in [1.54, 1.807) is 6.92 Å². The summed E-state index contributed by atoms with van der Waals surface area (Å²) in [7, 11) is 0. The Hall–Kier alpha value is -3.28. The fourth-order valence-electron chi connectivity index (χ4n) is 11.8. The minimum absolute atomic E-state index is 0.00712. The number of aliphatic hydroxyl groups excluding tert-OH is 3. The van der Waals surface area contributed by atoms with Crippen molar-refractivity contribution < 1.29 is 34.5 Å². The van der Waals surface area contributed by atoms with Crippen LogP contribution in [0.2, 0.25) is 0 Å². The number of thioether (sulfide) groups is 1. The van der Waals surface area contributed by atoms with Gasteiger partial charge < -0.3 is 31.3 Å². The highest BCUT2D eigenvalue weighted by Crippen LogP contribution is 2.68. The number of unbranched alkanes of at least 4 members (excludes halogenated alkanes) is 1. The molecule has 55 heavy (non-hydrogen) atoms. The minimum atomic E-state index is -0.993. The highest BCUT2D eigenvalue weighted by atomic mass is 32.2. The van der Waals surface area contributed by atoms with Crippen LogP contribution in [0, 0.1) is 58.7 Å². The Morgan fingerprint density at radius 2 is 1.85 bits per heavy atom. The van der Waals surface area contributed by atoms with Gasteiger partial charge in [0.25, 0.3) is 11.8 Å². The summed E-state index contributed by atoms with van der Waals surface area (Å²) in [5.41, 5.74) is 9.30. The summed E-state index contributed by atoms with van der Waals surface area (Å²) in [5.74, 6) is 2.45. The first-order valence-electron chi connectivity index (χ1n) is 20.2. The standard InChI is InChI=1S/C40H59N7O7S/c1-6-7-8-9-31(51)43-30(19-42-46-41)44-36(53)35-22(3)20-55-38-34(37(54)47(35)38)45-32(52)13-10-21(2)25-11-12-26-33-27(18-29(50)40(25,26)5)39(4)15-14-24(48)16-23(39)17-28(33)49/h1,21,23-30,33-34,38,48-50H,7-20H2,2-5H3,(H,43,51)(H,44,53)(H,45,52)/t21-,23+,24-,25-,26+,27+,28-,29+,30?,33+,34?,38?,39+,40-/m1/s1. The zero-order valence-electron chi connectivity index (χ0n) is 32.6. The average molecular weight is 782 g/mol. The molecule has 14 atom stereocenters. The van der Waals surface area contributed by atoms with Gasteiger partial charge in [0.05, 0.1) is 24.9 Å². The number of hydrogen-bond acceptors (Lipinski definition) is 9. The molecule has 0 aromatic heterocycles. The highest BCUT2D eigenvalue weighted by molar-refractivity contribution is 8.00. The monoisotopic (exact) mass is 781 g/mol. The Labute approximate surface area is 328 Å². The second-order valence-electron chi connectivity index (χ2n) is 17.7. The largest absolute Gasteiger partial charge is 0.393 e.